The highest BCUT2D eigenvalue weighted by atomic mass is 16.2. The van der Waals surface area contributed by atoms with Gasteiger partial charge in [0.15, 0.2) is 0 Å². The average molecular weight is 330 g/mol. The number of hydrogen-bond donors (Lipinski definition) is 1. The van der Waals surface area contributed by atoms with Gasteiger partial charge >= 0.3 is 0 Å². The van der Waals surface area contributed by atoms with E-state index >= 15 is 0 Å². The average Bonchev–Trinajstić information content (AvgIpc) is 3.09. The molecule has 130 valence electrons. The zero-order valence-electron chi connectivity index (χ0n) is 14.8. The fourth-order valence-corrected chi connectivity index (χ4v) is 3.65. The van der Waals surface area contributed by atoms with Gasteiger partial charge in [-0.05, 0) is 39.7 Å². The number of piperidine rings is 1. The molecule has 2 aliphatic heterocycles. The van der Waals surface area contributed by atoms with Crippen LogP contribution < -0.4 is 0 Å². The fraction of sp³-hybridized carbons (Fsp3) is 0.611. The van der Waals surface area contributed by atoms with E-state index in [9.17, 15) is 9.59 Å². The van der Waals surface area contributed by atoms with Crippen molar-refractivity contribution in [3.8, 4) is 0 Å². The Labute approximate surface area is 142 Å². The van der Waals surface area contributed by atoms with Gasteiger partial charge < -0.3 is 9.80 Å². The minimum atomic E-state index is -0.0140. The number of aromatic amines is 1. The first kappa shape index (κ1) is 16.7. The first-order chi connectivity index (χ1) is 11.4. The summed E-state index contributed by atoms with van der Waals surface area (Å²) in [5, 5.41) is 6.88. The van der Waals surface area contributed by atoms with Crippen molar-refractivity contribution in [1.82, 2.24) is 20.0 Å². The number of hydrogen-bond acceptors (Lipinski definition) is 3. The molecule has 1 aromatic rings. The third-order valence-corrected chi connectivity index (χ3v) is 5.16. The van der Waals surface area contributed by atoms with Gasteiger partial charge in [-0.1, -0.05) is 11.6 Å². The molecule has 2 fully saturated rings. The Morgan fingerprint density at radius 3 is 2.67 bits per heavy atom. The van der Waals surface area contributed by atoms with E-state index in [1.165, 1.54) is 5.57 Å². The maximum atomic E-state index is 12.5. The first-order valence-corrected chi connectivity index (χ1v) is 8.61. The fourth-order valence-electron chi connectivity index (χ4n) is 3.65. The highest BCUT2D eigenvalue weighted by Crippen LogP contribution is 2.41. The Morgan fingerprint density at radius 2 is 2.08 bits per heavy atom. The van der Waals surface area contributed by atoms with Crippen molar-refractivity contribution in [1.29, 1.82) is 0 Å². The lowest BCUT2D eigenvalue weighted by Crippen LogP contribution is -2.44. The van der Waals surface area contributed by atoms with E-state index in [-0.39, 0.29) is 17.2 Å². The third-order valence-electron chi connectivity index (χ3n) is 5.16. The lowest BCUT2D eigenvalue weighted by Gasteiger charge is -2.38. The van der Waals surface area contributed by atoms with E-state index in [0.29, 0.717) is 31.7 Å². The Balaban J connectivity index is 1.59. The predicted molar refractivity (Wildman–Crippen MR) is 91.5 cm³/mol. The topological polar surface area (TPSA) is 69.3 Å². The molecular formula is C18H26N4O2. The van der Waals surface area contributed by atoms with Gasteiger partial charge in [0, 0.05) is 43.7 Å². The van der Waals surface area contributed by atoms with Crippen LogP contribution in [0.2, 0.25) is 0 Å². The van der Waals surface area contributed by atoms with Gasteiger partial charge in [0.1, 0.15) is 5.69 Å². The number of carbonyl (C=O) groups is 2. The molecule has 2 amide bonds. The zero-order valence-corrected chi connectivity index (χ0v) is 14.8. The van der Waals surface area contributed by atoms with Crippen molar-refractivity contribution in [2.75, 3.05) is 26.2 Å². The molecule has 0 radical (unpaired) electrons. The summed E-state index contributed by atoms with van der Waals surface area (Å²) in [6.07, 6.45) is 4.50. The summed E-state index contributed by atoms with van der Waals surface area (Å²) in [5.41, 5.74) is 2.66. The second kappa shape index (κ2) is 6.42. The quantitative estimate of drug-likeness (QED) is 0.863. The zero-order chi connectivity index (χ0) is 17.3. The minimum absolute atomic E-state index is 0.0140. The lowest BCUT2D eigenvalue weighted by atomic mass is 9.77. The number of aryl methyl sites for hydroxylation is 1. The van der Waals surface area contributed by atoms with Crippen molar-refractivity contribution >= 4 is 11.8 Å². The number of likely N-dealkylation sites (tertiary alicyclic amines) is 2. The van der Waals surface area contributed by atoms with Crippen molar-refractivity contribution < 1.29 is 9.59 Å². The summed E-state index contributed by atoms with van der Waals surface area (Å²) < 4.78 is 0. The van der Waals surface area contributed by atoms with Gasteiger partial charge in [-0.2, -0.15) is 5.10 Å². The van der Waals surface area contributed by atoms with Crippen LogP contribution in [0, 0.1) is 12.3 Å². The number of rotatable bonds is 3. The maximum absolute atomic E-state index is 12.5. The standard InChI is InChI=1S/C18H26N4O2/c1-13(2)4-7-22-12-18(11-16(22)23)5-8-21(9-6-18)17(24)15-10-14(3)19-20-15/h4,10H,5-9,11-12H2,1-3H3,(H,19,20). The molecule has 0 unspecified atom stereocenters. The normalized spacial score (nSPS) is 19.9. The molecule has 2 saturated heterocycles. The van der Waals surface area contributed by atoms with E-state index in [2.05, 4.69) is 30.1 Å². The largest absolute Gasteiger partial charge is 0.338 e. The Morgan fingerprint density at radius 1 is 1.38 bits per heavy atom. The van der Waals surface area contributed by atoms with Crippen LogP contribution in [-0.4, -0.2) is 58.0 Å². The van der Waals surface area contributed by atoms with E-state index < -0.39 is 0 Å². The molecule has 3 heterocycles. The highest BCUT2D eigenvalue weighted by molar-refractivity contribution is 5.92. The van der Waals surface area contributed by atoms with Gasteiger partial charge in [0.05, 0.1) is 0 Å². The van der Waals surface area contributed by atoms with Crippen LogP contribution in [0.25, 0.3) is 0 Å². The summed E-state index contributed by atoms with van der Waals surface area (Å²) in [6, 6.07) is 1.78. The van der Waals surface area contributed by atoms with Gasteiger partial charge in [-0.25, -0.2) is 0 Å². The van der Waals surface area contributed by atoms with E-state index in [0.717, 1.165) is 25.1 Å². The van der Waals surface area contributed by atoms with Crippen LogP contribution >= 0.6 is 0 Å². The second-order valence-corrected chi connectivity index (χ2v) is 7.46. The molecule has 0 aromatic carbocycles. The molecule has 24 heavy (non-hydrogen) atoms. The highest BCUT2D eigenvalue weighted by Gasteiger charge is 2.45. The van der Waals surface area contributed by atoms with E-state index in [1.807, 2.05) is 16.7 Å². The molecule has 0 bridgehead atoms. The van der Waals surface area contributed by atoms with Crippen LogP contribution in [0.1, 0.15) is 49.3 Å². The predicted octanol–water partition coefficient (Wildman–Crippen LogP) is 2.14. The molecule has 0 aliphatic carbocycles. The van der Waals surface area contributed by atoms with Gasteiger partial charge in [-0.15, -0.1) is 0 Å². The number of allylic oxidation sites excluding steroid dienone is 1. The number of nitrogens with one attached hydrogen (secondary N) is 1. The monoisotopic (exact) mass is 330 g/mol. The Hall–Kier alpha value is -2.11. The number of nitrogens with zero attached hydrogens (tertiary/aromatic N) is 3. The Bertz CT molecular complexity index is 664. The maximum Gasteiger partial charge on any atom is 0.274 e. The lowest BCUT2D eigenvalue weighted by molar-refractivity contribution is -0.127. The van der Waals surface area contributed by atoms with Gasteiger partial charge in [-0.3, -0.25) is 14.7 Å². The molecular weight excluding hydrogens is 304 g/mol. The van der Waals surface area contributed by atoms with Crippen LogP contribution in [0.15, 0.2) is 17.7 Å². The van der Waals surface area contributed by atoms with E-state index in [4.69, 9.17) is 0 Å². The molecule has 6 nitrogen and oxygen atoms in total. The summed E-state index contributed by atoms with van der Waals surface area (Å²) in [5.74, 6) is 0.232. The first-order valence-electron chi connectivity index (χ1n) is 8.61. The number of aromatic nitrogens is 2. The number of H-pyrrole nitrogens is 1. The molecule has 6 heteroatoms. The molecule has 1 N–H and O–H groups in total. The molecule has 1 spiro atoms. The van der Waals surface area contributed by atoms with Crippen LogP contribution in [0.5, 0.6) is 0 Å². The SMILES string of the molecule is CC(C)=CCN1CC2(CCN(C(=O)c3cc(C)[nH]n3)CC2)CC1=O. The Kier molecular flexibility index (Phi) is 4.47. The summed E-state index contributed by atoms with van der Waals surface area (Å²) >= 11 is 0. The van der Waals surface area contributed by atoms with Crippen molar-refractivity contribution in [2.45, 2.75) is 40.0 Å². The van der Waals surface area contributed by atoms with Crippen molar-refractivity contribution in [3.05, 3.63) is 29.1 Å². The van der Waals surface area contributed by atoms with Crippen LogP contribution in [-0.2, 0) is 4.79 Å². The van der Waals surface area contributed by atoms with Gasteiger partial charge in [0.25, 0.3) is 5.91 Å². The van der Waals surface area contributed by atoms with Crippen LogP contribution in [0.3, 0.4) is 0 Å². The van der Waals surface area contributed by atoms with Crippen molar-refractivity contribution in [3.63, 3.8) is 0 Å². The number of carbonyl (C=O) groups excluding carboxylic acids is 2. The van der Waals surface area contributed by atoms with Crippen LogP contribution in [0.4, 0.5) is 0 Å². The third kappa shape index (κ3) is 3.37. The molecule has 1 aromatic heterocycles. The molecule has 0 atom stereocenters. The van der Waals surface area contributed by atoms with Gasteiger partial charge in [0.2, 0.25) is 5.91 Å². The number of amides is 2. The molecule has 2 aliphatic rings. The second-order valence-electron chi connectivity index (χ2n) is 7.46. The summed E-state index contributed by atoms with van der Waals surface area (Å²) in [7, 11) is 0. The smallest absolute Gasteiger partial charge is 0.274 e. The minimum Gasteiger partial charge on any atom is -0.338 e. The summed E-state index contributed by atoms with van der Waals surface area (Å²) in [4.78, 5) is 28.6. The molecule has 3 rings (SSSR count). The van der Waals surface area contributed by atoms with Crippen molar-refractivity contribution in [2.24, 2.45) is 5.41 Å². The molecule has 0 saturated carbocycles. The van der Waals surface area contributed by atoms with E-state index in [1.54, 1.807) is 6.07 Å². The summed E-state index contributed by atoms with van der Waals surface area (Å²) in [6.45, 7) is 8.93.